The molecule has 1 aromatic carbocycles. The Balaban J connectivity index is 2.72. The minimum atomic E-state index is -3.57. The summed E-state index contributed by atoms with van der Waals surface area (Å²) in [5.41, 5.74) is 1.02. The lowest BCUT2D eigenvalue weighted by molar-refractivity contribution is 0.165. The summed E-state index contributed by atoms with van der Waals surface area (Å²) >= 11 is 0. The monoisotopic (exact) mass is 352 g/mol. The third-order valence-electron chi connectivity index (χ3n) is 4.32. The van der Waals surface area contributed by atoms with E-state index in [-0.39, 0.29) is 4.90 Å². The molecule has 0 radical (unpaired) electrons. The van der Waals surface area contributed by atoms with Crippen molar-refractivity contribution in [2.24, 2.45) is 0 Å². The van der Waals surface area contributed by atoms with Gasteiger partial charge in [0.1, 0.15) is 5.25 Å². The summed E-state index contributed by atoms with van der Waals surface area (Å²) in [6.45, 7) is 5.89. The molecule has 136 valence electrons. The second-order valence-corrected chi connectivity index (χ2v) is 8.58. The largest absolute Gasteiger partial charge is 0.391 e. The Morgan fingerprint density at radius 2 is 1.62 bits per heavy atom. The molecule has 0 amide bonds. The van der Waals surface area contributed by atoms with Crippen LogP contribution in [-0.4, -0.2) is 24.9 Å². The summed E-state index contributed by atoms with van der Waals surface area (Å²) in [5, 5.41) is 9.59. The average Bonchev–Trinajstić information content (AvgIpc) is 2.55. The molecule has 3 nitrogen and oxygen atoms in total. The minimum absolute atomic E-state index is 0.276. The highest BCUT2D eigenvalue weighted by atomic mass is 32.2. The number of rotatable bonds is 11. The molecule has 1 aromatic rings. The van der Waals surface area contributed by atoms with E-state index in [4.69, 9.17) is 0 Å². The molecule has 0 heterocycles. The SMILES string of the molecule is C/C=C/C(C(O)CCCCCCCC)S(=O)(=O)c1ccc(C)cc1. The Morgan fingerprint density at radius 1 is 1.04 bits per heavy atom. The predicted octanol–water partition coefficient (Wildman–Crippen LogP) is 4.82. The average molecular weight is 353 g/mol. The lowest BCUT2D eigenvalue weighted by Gasteiger charge is -2.20. The molecule has 24 heavy (non-hydrogen) atoms. The van der Waals surface area contributed by atoms with Gasteiger partial charge in [-0.2, -0.15) is 0 Å². The van der Waals surface area contributed by atoms with E-state index in [1.165, 1.54) is 19.3 Å². The van der Waals surface area contributed by atoms with Crippen LogP contribution in [0.3, 0.4) is 0 Å². The molecule has 4 heteroatoms. The lowest BCUT2D eigenvalue weighted by atomic mass is 10.1. The Morgan fingerprint density at radius 3 is 2.21 bits per heavy atom. The number of allylic oxidation sites excluding steroid dienone is 1. The molecule has 2 atom stereocenters. The number of aliphatic hydroxyl groups is 1. The summed E-state index contributed by atoms with van der Waals surface area (Å²) in [6, 6.07) is 6.83. The lowest BCUT2D eigenvalue weighted by Crippen LogP contribution is -2.32. The number of hydrogen-bond donors (Lipinski definition) is 1. The molecule has 0 aliphatic heterocycles. The molecule has 0 aromatic heterocycles. The molecular weight excluding hydrogens is 320 g/mol. The summed E-state index contributed by atoms with van der Waals surface area (Å²) in [7, 11) is -3.57. The van der Waals surface area contributed by atoms with Crippen LogP contribution in [-0.2, 0) is 9.84 Å². The fourth-order valence-electron chi connectivity index (χ4n) is 2.81. The smallest absolute Gasteiger partial charge is 0.187 e. The second kappa shape index (κ2) is 10.7. The van der Waals surface area contributed by atoms with Crippen LogP contribution < -0.4 is 0 Å². The van der Waals surface area contributed by atoms with E-state index in [0.29, 0.717) is 6.42 Å². The van der Waals surface area contributed by atoms with Gasteiger partial charge in [-0.05, 0) is 32.4 Å². The topological polar surface area (TPSA) is 54.4 Å². The van der Waals surface area contributed by atoms with Crippen LogP contribution in [0.15, 0.2) is 41.3 Å². The van der Waals surface area contributed by atoms with Crippen LogP contribution in [0.5, 0.6) is 0 Å². The van der Waals surface area contributed by atoms with Crippen molar-refractivity contribution in [3.05, 3.63) is 42.0 Å². The van der Waals surface area contributed by atoms with Crippen molar-refractivity contribution < 1.29 is 13.5 Å². The summed E-state index contributed by atoms with van der Waals surface area (Å²) in [6.07, 6.45) is 9.70. The summed E-state index contributed by atoms with van der Waals surface area (Å²) in [4.78, 5) is 0.276. The van der Waals surface area contributed by atoms with E-state index in [9.17, 15) is 13.5 Å². The van der Waals surface area contributed by atoms with Gasteiger partial charge in [0.05, 0.1) is 11.0 Å². The van der Waals surface area contributed by atoms with E-state index < -0.39 is 21.2 Å². The molecule has 0 saturated carbocycles. The van der Waals surface area contributed by atoms with Gasteiger partial charge in [0.2, 0.25) is 0 Å². The van der Waals surface area contributed by atoms with Crippen LogP contribution >= 0.6 is 0 Å². The van der Waals surface area contributed by atoms with Crippen molar-refractivity contribution in [2.75, 3.05) is 0 Å². The van der Waals surface area contributed by atoms with E-state index in [0.717, 1.165) is 24.8 Å². The molecule has 2 unspecified atom stereocenters. The minimum Gasteiger partial charge on any atom is -0.391 e. The number of aliphatic hydroxyl groups excluding tert-OH is 1. The van der Waals surface area contributed by atoms with E-state index in [1.54, 1.807) is 43.3 Å². The fraction of sp³-hybridized carbons (Fsp3) is 0.600. The van der Waals surface area contributed by atoms with Crippen molar-refractivity contribution in [2.45, 2.75) is 82.0 Å². The number of unbranched alkanes of at least 4 members (excludes halogenated alkanes) is 5. The number of aryl methyl sites for hydroxylation is 1. The van der Waals surface area contributed by atoms with Gasteiger partial charge in [-0.25, -0.2) is 8.42 Å². The molecule has 0 aliphatic carbocycles. The van der Waals surface area contributed by atoms with Gasteiger partial charge in [0.25, 0.3) is 0 Å². The zero-order valence-corrected chi connectivity index (χ0v) is 16.1. The zero-order chi connectivity index (χ0) is 18.0. The Labute approximate surface area is 147 Å². The molecule has 1 N–H and O–H groups in total. The predicted molar refractivity (Wildman–Crippen MR) is 101 cm³/mol. The van der Waals surface area contributed by atoms with Crippen LogP contribution in [0.2, 0.25) is 0 Å². The van der Waals surface area contributed by atoms with Crippen molar-refractivity contribution in [1.29, 1.82) is 0 Å². The fourth-order valence-corrected chi connectivity index (χ4v) is 4.55. The van der Waals surface area contributed by atoms with Gasteiger partial charge in [-0.1, -0.05) is 75.3 Å². The van der Waals surface area contributed by atoms with Gasteiger partial charge in [0.15, 0.2) is 9.84 Å². The van der Waals surface area contributed by atoms with Crippen molar-refractivity contribution in [3.8, 4) is 0 Å². The Hall–Kier alpha value is -1.13. The first kappa shape index (κ1) is 20.9. The zero-order valence-electron chi connectivity index (χ0n) is 15.2. The second-order valence-electron chi connectivity index (χ2n) is 6.47. The number of benzene rings is 1. The Bertz CT molecular complexity index is 588. The van der Waals surface area contributed by atoms with Crippen molar-refractivity contribution in [1.82, 2.24) is 0 Å². The third kappa shape index (κ3) is 6.40. The van der Waals surface area contributed by atoms with Gasteiger partial charge in [-0.3, -0.25) is 0 Å². The molecule has 0 aliphatic rings. The molecule has 1 rings (SSSR count). The number of sulfone groups is 1. The molecule has 0 bridgehead atoms. The highest BCUT2D eigenvalue weighted by molar-refractivity contribution is 7.92. The maximum atomic E-state index is 12.8. The van der Waals surface area contributed by atoms with Gasteiger partial charge < -0.3 is 5.11 Å². The van der Waals surface area contributed by atoms with Gasteiger partial charge in [0, 0.05) is 0 Å². The van der Waals surface area contributed by atoms with Crippen LogP contribution in [0.4, 0.5) is 0 Å². The van der Waals surface area contributed by atoms with Crippen molar-refractivity contribution >= 4 is 9.84 Å². The molecule has 0 fully saturated rings. The highest BCUT2D eigenvalue weighted by Crippen LogP contribution is 2.23. The van der Waals surface area contributed by atoms with Gasteiger partial charge in [-0.15, -0.1) is 0 Å². The van der Waals surface area contributed by atoms with Crippen molar-refractivity contribution in [3.63, 3.8) is 0 Å². The molecule has 0 saturated heterocycles. The van der Waals surface area contributed by atoms with Crippen LogP contribution in [0.25, 0.3) is 0 Å². The van der Waals surface area contributed by atoms with E-state index >= 15 is 0 Å². The third-order valence-corrected chi connectivity index (χ3v) is 6.44. The van der Waals surface area contributed by atoms with E-state index in [2.05, 4.69) is 6.92 Å². The quantitative estimate of drug-likeness (QED) is 0.458. The maximum Gasteiger partial charge on any atom is 0.187 e. The highest BCUT2D eigenvalue weighted by Gasteiger charge is 2.31. The Kier molecular flexibility index (Phi) is 9.30. The van der Waals surface area contributed by atoms with Crippen LogP contribution in [0, 0.1) is 6.92 Å². The summed E-state index contributed by atoms with van der Waals surface area (Å²) < 4.78 is 25.7. The first-order chi connectivity index (χ1) is 11.4. The maximum absolute atomic E-state index is 12.8. The summed E-state index contributed by atoms with van der Waals surface area (Å²) in [5.74, 6) is 0. The van der Waals surface area contributed by atoms with Crippen LogP contribution in [0.1, 0.15) is 64.4 Å². The molecular formula is C20H32O3S. The normalized spacial score (nSPS) is 14.8. The standard InChI is InChI=1S/C20H32O3S/c1-4-6-7-8-9-10-12-19(21)20(11-5-2)24(22,23)18-15-13-17(3)14-16-18/h5,11,13-16,19-21H,4,6-10,12H2,1-3H3/b11-5+. The molecule has 0 spiro atoms. The first-order valence-corrected chi connectivity index (χ1v) is 10.6. The van der Waals surface area contributed by atoms with Gasteiger partial charge >= 0.3 is 0 Å². The first-order valence-electron chi connectivity index (χ1n) is 9.05. The van der Waals surface area contributed by atoms with E-state index in [1.807, 2.05) is 6.92 Å². The number of hydrogen-bond acceptors (Lipinski definition) is 3.